The van der Waals surface area contributed by atoms with E-state index in [1.807, 2.05) is 6.07 Å². The smallest absolute Gasteiger partial charge is 0.124 e. The number of fused-ring (bicyclic) bond motifs is 1. The highest BCUT2D eigenvalue weighted by molar-refractivity contribution is 9.10. The Morgan fingerprint density at radius 3 is 3.00 bits per heavy atom. The van der Waals surface area contributed by atoms with Crippen LogP contribution in [0.25, 0.3) is 0 Å². The number of rotatable bonds is 1. The van der Waals surface area contributed by atoms with Gasteiger partial charge in [0.2, 0.25) is 0 Å². The molecule has 0 radical (unpaired) electrons. The second-order valence-corrected chi connectivity index (χ2v) is 4.73. The lowest BCUT2D eigenvalue weighted by atomic mass is 10.0. The maximum absolute atomic E-state index is 5.98. The van der Waals surface area contributed by atoms with E-state index in [4.69, 9.17) is 16.5 Å². The normalized spacial score (nSPS) is 16.5. The van der Waals surface area contributed by atoms with Crippen LogP contribution in [0.2, 0.25) is 0 Å². The molecule has 0 unspecified atom stereocenters. The molecule has 1 aliphatic heterocycles. The van der Waals surface area contributed by atoms with Gasteiger partial charge >= 0.3 is 0 Å². The fraction of sp³-hybridized carbons (Fsp3) is 0.400. The van der Waals surface area contributed by atoms with E-state index >= 15 is 0 Å². The molecule has 0 aliphatic carbocycles. The van der Waals surface area contributed by atoms with Gasteiger partial charge < -0.3 is 4.74 Å². The summed E-state index contributed by atoms with van der Waals surface area (Å²) >= 11 is 9.45. The van der Waals surface area contributed by atoms with E-state index in [-0.39, 0.29) is 0 Å². The van der Waals surface area contributed by atoms with Crippen LogP contribution in [0.1, 0.15) is 11.1 Å². The van der Waals surface area contributed by atoms with E-state index in [1.54, 1.807) is 11.5 Å². The lowest BCUT2D eigenvalue weighted by Crippen LogP contribution is -2.22. The van der Waals surface area contributed by atoms with Gasteiger partial charge in [0.15, 0.2) is 0 Å². The van der Waals surface area contributed by atoms with Crippen molar-refractivity contribution in [2.75, 3.05) is 13.7 Å². The summed E-state index contributed by atoms with van der Waals surface area (Å²) in [5, 5.41) is 0. The quantitative estimate of drug-likeness (QED) is 0.731. The number of hydrogen-bond donors (Lipinski definition) is 0. The summed E-state index contributed by atoms with van der Waals surface area (Å²) < 4.78 is 8.18. The first-order valence-electron chi connectivity index (χ1n) is 4.46. The summed E-state index contributed by atoms with van der Waals surface area (Å²) in [5.41, 5.74) is 2.53. The average Bonchev–Trinajstić information content (AvgIpc) is 2.17. The maximum atomic E-state index is 5.98. The van der Waals surface area contributed by atoms with Gasteiger partial charge in [-0.2, -0.15) is 0 Å². The number of hydrogen-bond acceptors (Lipinski definition) is 2. The molecule has 1 heterocycles. The predicted octanol–water partition coefficient (Wildman–Crippen LogP) is 2.97. The summed E-state index contributed by atoms with van der Waals surface area (Å²) in [6, 6.07) is 4.12. The van der Waals surface area contributed by atoms with Crippen molar-refractivity contribution in [2.45, 2.75) is 13.0 Å². The number of ether oxygens (including phenoxy) is 1. The molecule has 0 spiro atoms. The van der Waals surface area contributed by atoms with Crippen LogP contribution >= 0.6 is 27.7 Å². The van der Waals surface area contributed by atoms with E-state index in [1.165, 1.54) is 11.1 Å². The molecule has 0 aromatic heterocycles. The lowest BCUT2D eigenvalue weighted by molar-refractivity contribution is 0.378. The zero-order valence-corrected chi connectivity index (χ0v) is 10.2. The molecule has 0 saturated carbocycles. The fourth-order valence-electron chi connectivity index (χ4n) is 1.74. The molecule has 0 fully saturated rings. The number of halogens is 2. The summed E-state index contributed by atoms with van der Waals surface area (Å²) in [4.78, 5) is 0. The summed E-state index contributed by atoms with van der Waals surface area (Å²) in [7, 11) is 1.69. The maximum Gasteiger partial charge on any atom is 0.124 e. The highest BCUT2D eigenvalue weighted by Gasteiger charge is 2.18. The fourth-order valence-corrected chi connectivity index (χ4v) is 2.43. The van der Waals surface area contributed by atoms with Crippen LogP contribution in [0, 0.1) is 0 Å². The Morgan fingerprint density at radius 1 is 1.50 bits per heavy atom. The Hall–Kier alpha value is -0.250. The molecule has 4 heteroatoms. The third-order valence-electron chi connectivity index (χ3n) is 2.44. The van der Waals surface area contributed by atoms with E-state index in [2.05, 4.69) is 22.0 Å². The van der Waals surface area contributed by atoms with Gasteiger partial charge in [0.25, 0.3) is 0 Å². The molecule has 1 aliphatic rings. The molecule has 76 valence electrons. The molecule has 0 atom stereocenters. The lowest BCUT2D eigenvalue weighted by Gasteiger charge is -2.24. The monoisotopic (exact) mass is 275 g/mol. The molecule has 2 nitrogen and oxygen atoms in total. The largest absolute Gasteiger partial charge is 0.496 e. The third-order valence-corrected chi connectivity index (χ3v) is 3.19. The molecule has 2 rings (SSSR count). The van der Waals surface area contributed by atoms with Crippen molar-refractivity contribution in [3.05, 3.63) is 27.7 Å². The number of methoxy groups -OCH3 is 1. The molecule has 0 N–H and O–H groups in total. The van der Waals surface area contributed by atoms with Crippen LogP contribution in [0.4, 0.5) is 0 Å². The predicted molar refractivity (Wildman–Crippen MR) is 60.7 cm³/mol. The molecule has 0 bridgehead atoms. The van der Waals surface area contributed by atoms with Gasteiger partial charge in [-0.3, -0.25) is 0 Å². The van der Waals surface area contributed by atoms with Crippen LogP contribution in [-0.4, -0.2) is 18.1 Å². The minimum absolute atomic E-state index is 0.757. The van der Waals surface area contributed by atoms with E-state index in [0.717, 1.165) is 29.7 Å². The second-order valence-electron chi connectivity index (χ2n) is 3.34. The van der Waals surface area contributed by atoms with Gasteiger partial charge in [0.05, 0.1) is 7.11 Å². The first kappa shape index (κ1) is 10.3. The Kier molecular flexibility index (Phi) is 3.00. The zero-order chi connectivity index (χ0) is 10.1. The van der Waals surface area contributed by atoms with Crippen LogP contribution in [0.3, 0.4) is 0 Å². The Bertz CT molecular complexity index is 339. The van der Waals surface area contributed by atoms with Gasteiger partial charge in [-0.15, -0.1) is 0 Å². The summed E-state index contributed by atoms with van der Waals surface area (Å²) in [5.74, 6) is 0.916. The summed E-state index contributed by atoms with van der Waals surface area (Å²) in [6.45, 7) is 1.65. The van der Waals surface area contributed by atoms with Crippen molar-refractivity contribution < 1.29 is 4.74 Å². The molecule has 14 heavy (non-hydrogen) atoms. The minimum Gasteiger partial charge on any atom is -0.496 e. The van der Waals surface area contributed by atoms with Gasteiger partial charge in [0, 0.05) is 23.1 Å². The molecule has 0 amide bonds. The highest BCUT2D eigenvalue weighted by atomic mass is 79.9. The topological polar surface area (TPSA) is 12.5 Å². The Balaban J connectivity index is 2.47. The van der Waals surface area contributed by atoms with Crippen molar-refractivity contribution in [2.24, 2.45) is 0 Å². The van der Waals surface area contributed by atoms with Crippen molar-refractivity contribution >= 4 is 27.7 Å². The Morgan fingerprint density at radius 2 is 2.29 bits per heavy atom. The van der Waals surface area contributed by atoms with Crippen molar-refractivity contribution in [1.29, 1.82) is 0 Å². The average molecular weight is 277 g/mol. The standard InChI is InChI=1S/C10H11BrClNO/c1-14-10-5-8(11)4-7-2-3-13(12)6-9(7)10/h4-5H,2-3,6H2,1H3. The van der Waals surface area contributed by atoms with Gasteiger partial charge in [-0.1, -0.05) is 15.9 Å². The van der Waals surface area contributed by atoms with Crippen LogP contribution in [0.5, 0.6) is 5.75 Å². The van der Waals surface area contributed by atoms with E-state index in [0.29, 0.717) is 0 Å². The molecular weight excluding hydrogens is 265 g/mol. The number of nitrogens with zero attached hydrogens (tertiary/aromatic N) is 1. The Labute approximate surface area is 97.0 Å². The molecule has 1 aromatic carbocycles. The van der Waals surface area contributed by atoms with E-state index in [9.17, 15) is 0 Å². The van der Waals surface area contributed by atoms with Crippen LogP contribution in [0.15, 0.2) is 16.6 Å². The van der Waals surface area contributed by atoms with Crippen molar-refractivity contribution in [3.8, 4) is 5.75 Å². The second kappa shape index (κ2) is 4.09. The van der Waals surface area contributed by atoms with Crippen molar-refractivity contribution in [3.63, 3.8) is 0 Å². The molecule has 0 saturated heterocycles. The van der Waals surface area contributed by atoms with Crippen LogP contribution in [-0.2, 0) is 13.0 Å². The first-order chi connectivity index (χ1) is 6.70. The van der Waals surface area contributed by atoms with Gasteiger partial charge in [0.1, 0.15) is 5.75 Å². The van der Waals surface area contributed by atoms with Crippen LogP contribution < -0.4 is 4.74 Å². The highest BCUT2D eigenvalue weighted by Crippen LogP contribution is 2.32. The van der Waals surface area contributed by atoms with Gasteiger partial charge in [-0.25, -0.2) is 4.42 Å². The first-order valence-corrected chi connectivity index (χ1v) is 5.60. The van der Waals surface area contributed by atoms with Crippen molar-refractivity contribution in [1.82, 2.24) is 4.42 Å². The SMILES string of the molecule is COc1cc(Br)cc2c1CN(Cl)CC2. The van der Waals surface area contributed by atoms with E-state index < -0.39 is 0 Å². The number of benzene rings is 1. The minimum atomic E-state index is 0.757. The zero-order valence-electron chi connectivity index (χ0n) is 7.89. The third kappa shape index (κ3) is 1.90. The van der Waals surface area contributed by atoms with Gasteiger partial charge in [-0.05, 0) is 35.9 Å². The molecule has 1 aromatic rings. The molecular formula is C10H11BrClNO. The summed E-state index contributed by atoms with van der Waals surface area (Å²) in [6.07, 6.45) is 0.981.